The number of amides is 1. The number of hydrogen-bond acceptors (Lipinski definition) is 3. The van der Waals surface area contributed by atoms with Crippen LogP contribution in [0.2, 0.25) is 0 Å². The van der Waals surface area contributed by atoms with Crippen molar-refractivity contribution in [3.63, 3.8) is 0 Å². The van der Waals surface area contributed by atoms with E-state index in [9.17, 15) is 4.79 Å². The number of halogens is 1. The summed E-state index contributed by atoms with van der Waals surface area (Å²) in [7, 11) is 0. The van der Waals surface area contributed by atoms with Crippen LogP contribution >= 0.6 is 12.4 Å². The minimum Gasteiger partial charge on any atom is -0.368 e. The Balaban J connectivity index is 0.00000280. The normalized spacial score (nSPS) is 14.2. The molecule has 0 radical (unpaired) electrons. The highest BCUT2D eigenvalue weighted by Crippen LogP contribution is 2.52. The first kappa shape index (κ1) is 25.3. The van der Waals surface area contributed by atoms with Crippen LogP contribution in [0, 0.1) is 0 Å². The quantitative estimate of drug-likeness (QED) is 0.279. The largest absolute Gasteiger partial charge is 0.368 e. The number of primary amides is 1. The van der Waals surface area contributed by atoms with Gasteiger partial charge in [0.15, 0.2) is 0 Å². The predicted octanol–water partition coefficient (Wildman–Crippen LogP) is 6.35. The van der Waals surface area contributed by atoms with Crippen molar-refractivity contribution in [2.45, 2.75) is 32.6 Å². The lowest BCUT2D eigenvalue weighted by molar-refractivity contribution is 0.0999. The van der Waals surface area contributed by atoms with E-state index in [0.717, 1.165) is 68.7 Å². The third-order valence-electron chi connectivity index (χ3n) is 7.86. The number of anilines is 1. The van der Waals surface area contributed by atoms with Gasteiger partial charge in [-0.2, -0.15) is 0 Å². The van der Waals surface area contributed by atoms with Crippen molar-refractivity contribution >= 4 is 34.8 Å². The summed E-state index contributed by atoms with van der Waals surface area (Å²) in [6.45, 7) is 5.70. The van der Waals surface area contributed by atoms with E-state index in [-0.39, 0.29) is 18.3 Å². The molecular formula is C32H34ClN3O. The lowest BCUT2D eigenvalue weighted by Gasteiger charge is -2.35. The molecule has 0 atom stereocenters. The molecule has 1 saturated heterocycles. The molecule has 0 spiro atoms. The summed E-state index contributed by atoms with van der Waals surface area (Å²) in [6.07, 6.45) is 3.84. The van der Waals surface area contributed by atoms with Gasteiger partial charge in [0.25, 0.3) is 5.91 Å². The summed E-state index contributed by atoms with van der Waals surface area (Å²) in [5.74, 6) is -0.310. The summed E-state index contributed by atoms with van der Waals surface area (Å²) < 4.78 is 0. The Kier molecular flexibility index (Phi) is 7.23. The first-order valence-electron chi connectivity index (χ1n) is 13.2. The maximum absolute atomic E-state index is 13.3. The Hall–Kier alpha value is -3.34. The van der Waals surface area contributed by atoms with Gasteiger partial charge < -0.3 is 16.0 Å². The average Bonchev–Trinajstić information content (AvgIpc) is 3.30. The fourth-order valence-corrected chi connectivity index (χ4v) is 6.25. The molecule has 1 aliphatic heterocycles. The average molecular weight is 512 g/mol. The van der Waals surface area contributed by atoms with Crippen LogP contribution in [0.5, 0.6) is 0 Å². The molecule has 4 aromatic rings. The Bertz CT molecular complexity index is 1470. The molecule has 1 fully saturated rings. The number of unbranched alkanes of at least 4 members (excludes halogenated alkanes) is 1. The van der Waals surface area contributed by atoms with Crippen LogP contribution in [0.15, 0.2) is 66.7 Å². The molecule has 5 heteroatoms. The van der Waals surface area contributed by atoms with E-state index in [1.807, 2.05) is 0 Å². The first-order valence-corrected chi connectivity index (χ1v) is 13.2. The highest BCUT2D eigenvalue weighted by atomic mass is 35.5. The summed E-state index contributed by atoms with van der Waals surface area (Å²) in [5, 5.41) is 5.89. The molecular weight excluding hydrogens is 478 g/mol. The van der Waals surface area contributed by atoms with Gasteiger partial charge in [0.1, 0.15) is 0 Å². The van der Waals surface area contributed by atoms with Crippen molar-refractivity contribution in [3.05, 3.63) is 89.0 Å². The van der Waals surface area contributed by atoms with Gasteiger partial charge in [-0.05, 0) is 63.4 Å². The lowest BCUT2D eigenvalue weighted by Crippen LogP contribution is -2.44. The lowest BCUT2D eigenvalue weighted by atomic mass is 9.82. The molecule has 1 aliphatic carbocycles. The molecule has 0 saturated carbocycles. The number of rotatable bonds is 6. The van der Waals surface area contributed by atoms with Crippen molar-refractivity contribution in [2.75, 3.05) is 31.1 Å². The highest BCUT2D eigenvalue weighted by Gasteiger charge is 2.34. The zero-order chi connectivity index (χ0) is 24.6. The number of fused-ring (bicyclic) bond motifs is 4. The molecule has 1 heterocycles. The molecule has 190 valence electrons. The monoisotopic (exact) mass is 511 g/mol. The number of hydrogen-bond donors (Lipinski definition) is 2. The Morgan fingerprint density at radius 1 is 0.919 bits per heavy atom. The topological polar surface area (TPSA) is 58.4 Å². The van der Waals surface area contributed by atoms with E-state index in [1.165, 1.54) is 44.2 Å². The maximum Gasteiger partial charge on any atom is 0.251 e. The second-order valence-corrected chi connectivity index (χ2v) is 10.00. The van der Waals surface area contributed by atoms with E-state index < -0.39 is 0 Å². The van der Waals surface area contributed by atoms with Crippen molar-refractivity contribution in [2.24, 2.45) is 5.73 Å². The van der Waals surface area contributed by atoms with Gasteiger partial charge in [-0.25, -0.2) is 0 Å². The van der Waals surface area contributed by atoms with Crippen LogP contribution in [0.25, 0.3) is 33.0 Å². The summed E-state index contributed by atoms with van der Waals surface area (Å²) in [6, 6.07) is 23.9. The van der Waals surface area contributed by atoms with Crippen molar-refractivity contribution < 1.29 is 4.79 Å². The van der Waals surface area contributed by atoms with Crippen LogP contribution in [0.3, 0.4) is 0 Å². The van der Waals surface area contributed by atoms with E-state index in [1.54, 1.807) is 0 Å². The number of piperazine rings is 1. The first-order chi connectivity index (χ1) is 17.7. The molecule has 2 aliphatic rings. The van der Waals surface area contributed by atoms with E-state index in [2.05, 4.69) is 83.9 Å². The minimum atomic E-state index is -0.310. The van der Waals surface area contributed by atoms with E-state index >= 15 is 0 Å². The number of carbonyl (C=O) groups excluding carboxylic acids is 1. The van der Waals surface area contributed by atoms with Gasteiger partial charge >= 0.3 is 0 Å². The summed E-state index contributed by atoms with van der Waals surface area (Å²) >= 11 is 0. The maximum atomic E-state index is 13.3. The third kappa shape index (κ3) is 4.28. The number of nitrogens with two attached hydrogens (primary N) is 1. The number of nitrogens with zero attached hydrogens (tertiary/aromatic N) is 1. The fraction of sp³-hybridized carbons (Fsp3) is 0.281. The van der Waals surface area contributed by atoms with Gasteiger partial charge in [0.05, 0.1) is 11.3 Å². The Morgan fingerprint density at radius 2 is 1.62 bits per heavy atom. The zero-order valence-electron chi connectivity index (χ0n) is 21.3. The van der Waals surface area contributed by atoms with Gasteiger partial charge in [0, 0.05) is 31.7 Å². The SMILES string of the molecule is CCCCc1c2c(c(-c3cccc4ccccc34)c(N3CCNCC3)c1C(N)=O)-c1ccccc1C2.Cl. The standard InChI is InChI=1S/C32H33N3O.ClH/c1-2-3-12-26-27-20-22-10-5-7-14-24(22)28(27)29(25-15-8-11-21-9-4-6-13-23(21)25)31(30(26)32(33)36)35-18-16-34-17-19-35;/h4-11,13-15,34H,2-3,12,16-20H2,1H3,(H2,33,36);1H. The summed E-state index contributed by atoms with van der Waals surface area (Å²) in [5.41, 5.74) is 16.8. The van der Waals surface area contributed by atoms with Gasteiger partial charge in [-0.1, -0.05) is 80.1 Å². The predicted molar refractivity (Wildman–Crippen MR) is 157 cm³/mol. The molecule has 37 heavy (non-hydrogen) atoms. The van der Waals surface area contributed by atoms with Crippen LogP contribution in [-0.4, -0.2) is 32.1 Å². The molecule has 0 aromatic heterocycles. The van der Waals surface area contributed by atoms with Gasteiger partial charge in [0.2, 0.25) is 0 Å². The smallest absolute Gasteiger partial charge is 0.251 e. The third-order valence-corrected chi connectivity index (χ3v) is 7.86. The molecule has 4 nitrogen and oxygen atoms in total. The van der Waals surface area contributed by atoms with Gasteiger partial charge in [-0.15, -0.1) is 12.4 Å². The second kappa shape index (κ2) is 10.6. The second-order valence-electron chi connectivity index (χ2n) is 10.00. The van der Waals surface area contributed by atoms with Crippen molar-refractivity contribution in [1.29, 1.82) is 0 Å². The van der Waals surface area contributed by atoms with Crippen LogP contribution in [0.1, 0.15) is 46.8 Å². The number of nitrogens with one attached hydrogen (secondary N) is 1. The highest BCUT2D eigenvalue weighted by molar-refractivity contribution is 6.13. The van der Waals surface area contributed by atoms with Crippen molar-refractivity contribution in [3.8, 4) is 22.3 Å². The molecule has 0 bridgehead atoms. The zero-order valence-corrected chi connectivity index (χ0v) is 22.2. The van der Waals surface area contributed by atoms with Crippen molar-refractivity contribution in [1.82, 2.24) is 5.32 Å². The number of benzene rings is 4. The van der Waals surface area contributed by atoms with Crippen LogP contribution < -0.4 is 16.0 Å². The van der Waals surface area contributed by atoms with E-state index in [4.69, 9.17) is 5.73 Å². The molecule has 1 amide bonds. The summed E-state index contributed by atoms with van der Waals surface area (Å²) in [4.78, 5) is 15.8. The van der Waals surface area contributed by atoms with Crippen LogP contribution in [-0.2, 0) is 12.8 Å². The molecule has 3 N–H and O–H groups in total. The molecule has 4 aromatic carbocycles. The Labute approximate surface area is 225 Å². The number of carbonyl (C=O) groups is 1. The molecule has 0 unspecified atom stereocenters. The fourth-order valence-electron chi connectivity index (χ4n) is 6.25. The van der Waals surface area contributed by atoms with Crippen LogP contribution in [0.4, 0.5) is 5.69 Å². The molecule has 6 rings (SSSR count). The minimum absolute atomic E-state index is 0. The van der Waals surface area contributed by atoms with Gasteiger partial charge in [-0.3, -0.25) is 4.79 Å². The van der Waals surface area contributed by atoms with E-state index in [0.29, 0.717) is 0 Å². The Morgan fingerprint density at radius 3 is 2.41 bits per heavy atom.